The molecule has 1 heterocycles. The topological polar surface area (TPSA) is 90.9 Å². The molecule has 0 aliphatic rings. The molecule has 0 amide bonds. The zero-order valence-electron chi connectivity index (χ0n) is 18.1. The molecule has 2 aromatic carbocycles. The van der Waals surface area contributed by atoms with Gasteiger partial charge in [0.25, 0.3) is 0 Å². The number of rotatable bonds is 8. The Morgan fingerprint density at radius 3 is 2.47 bits per heavy atom. The molecule has 0 saturated heterocycles. The number of aliphatic hydroxyl groups is 2. The van der Waals surface area contributed by atoms with E-state index < -0.39 is 24.6 Å². The molecule has 0 fully saturated rings. The molecule has 0 radical (unpaired) electrons. The van der Waals surface area contributed by atoms with E-state index in [4.69, 9.17) is 21.1 Å². The van der Waals surface area contributed by atoms with E-state index in [-0.39, 0.29) is 18.2 Å². The Labute approximate surface area is 190 Å². The van der Waals surface area contributed by atoms with Crippen LogP contribution in [-0.2, 0) is 4.79 Å². The molecular weight excluding hydrogens is 435 g/mol. The minimum absolute atomic E-state index is 0.128. The Morgan fingerprint density at radius 2 is 1.88 bits per heavy atom. The van der Waals surface area contributed by atoms with Crippen LogP contribution in [0, 0.1) is 12.7 Å². The minimum Gasteiger partial charge on any atom is -0.481 e. The summed E-state index contributed by atoms with van der Waals surface area (Å²) in [4.78, 5) is 10.7. The molecule has 170 valence electrons. The second kappa shape index (κ2) is 9.86. The van der Waals surface area contributed by atoms with E-state index in [2.05, 4.69) is 0 Å². The van der Waals surface area contributed by atoms with Crippen LogP contribution >= 0.6 is 11.6 Å². The SMILES string of the molecule is Cc1c(Cl)cc(C(C)C)c2oc(/C=C/[C@@H](O)C[C@@H](O)CC(=O)O)c(-c3ccc(F)cc3)c12. The van der Waals surface area contributed by atoms with Crippen molar-refractivity contribution in [1.82, 2.24) is 0 Å². The Morgan fingerprint density at radius 1 is 1.22 bits per heavy atom. The molecule has 5 nitrogen and oxygen atoms in total. The van der Waals surface area contributed by atoms with Crippen LogP contribution in [0.4, 0.5) is 4.39 Å². The molecule has 3 rings (SSSR count). The Kier molecular flexibility index (Phi) is 7.39. The Balaban J connectivity index is 2.13. The lowest BCUT2D eigenvalue weighted by Gasteiger charge is -2.11. The molecule has 2 atom stereocenters. The monoisotopic (exact) mass is 460 g/mol. The lowest BCUT2D eigenvalue weighted by molar-refractivity contribution is -0.139. The van der Waals surface area contributed by atoms with Crippen molar-refractivity contribution in [2.75, 3.05) is 0 Å². The predicted octanol–water partition coefficient (Wildman–Crippen LogP) is 5.92. The van der Waals surface area contributed by atoms with Crippen molar-refractivity contribution in [3.8, 4) is 11.1 Å². The average Bonchev–Trinajstić information content (AvgIpc) is 3.08. The van der Waals surface area contributed by atoms with Gasteiger partial charge in [0.15, 0.2) is 0 Å². The number of aryl methyl sites for hydroxylation is 1. The number of benzene rings is 2. The first-order valence-corrected chi connectivity index (χ1v) is 10.7. The van der Waals surface area contributed by atoms with Gasteiger partial charge in [-0.25, -0.2) is 4.39 Å². The number of hydrogen-bond donors (Lipinski definition) is 3. The normalized spacial score (nSPS) is 13.9. The highest BCUT2D eigenvalue weighted by atomic mass is 35.5. The number of halogens is 2. The molecule has 3 N–H and O–H groups in total. The maximum absolute atomic E-state index is 13.6. The van der Waals surface area contributed by atoms with Gasteiger partial charge in [0.05, 0.1) is 18.6 Å². The van der Waals surface area contributed by atoms with Gasteiger partial charge < -0.3 is 19.7 Å². The number of aliphatic hydroxyl groups excluding tert-OH is 2. The summed E-state index contributed by atoms with van der Waals surface area (Å²) >= 11 is 6.52. The van der Waals surface area contributed by atoms with Crippen molar-refractivity contribution in [3.63, 3.8) is 0 Å². The molecule has 0 aliphatic carbocycles. The molecule has 3 aromatic rings. The largest absolute Gasteiger partial charge is 0.481 e. The molecule has 0 spiro atoms. The van der Waals surface area contributed by atoms with E-state index >= 15 is 0 Å². The van der Waals surface area contributed by atoms with Crippen molar-refractivity contribution in [3.05, 3.63) is 64.1 Å². The van der Waals surface area contributed by atoms with Gasteiger partial charge in [0.2, 0.25) is 0 Å². The fraction of sp³-hybridized carbons (Fsp3) is 0.320. The summed E-state index contributed by atoms with van der Waals surface area (Å²) in [6.07, 6.45) is 0.208. The first-order valence-electron chi connectivity index (χ1n) is 10.4. The molecular formula is C25H26ClFO5. The van der Waals surface area contributed by atoms with E-state index in [9.17, 15) is 19.4 Å². The number of carboxylic acids is 1. The van der Waals surface area contributed by atoms with E-state index in [0.29, 0.717) is 16.4 Å². The zero-order valence-corrected chi connectivity index (χ0v) is 18.9. The Hall–Kier alpha value is -2.67. The van der Waals surface area contributed by atoms with Crippen LogP contribution in [0.2, 0.25) is 5.02 Å². The second-order valence-corrected chi connectivity index (χ2v) is 8.60. The van der Waals surface area contributed by atoms with Gasteiger partial charge in [-0.3, -0.25) is 4.79 Å². The minimum atomic E-state index is -1.17. The number of fused-ring (bicyclic) bond motifs is 1. The smallest absolute Gasteiger partial charge is 0.305 e. The maximum Gasteiger partial charge on any atom is 0.305 e. The molecule has 0 unspecified atom stereocenters. The van der Waals surface area contributed by atoms with E-state index in [1.165, 1.54) is 18.2 Å². The molecule has 0 aliphatic heterocycles. The lowest BCUT2D eigenvalue weighted by atomic mass is 9.93. The number of carboxylic acid groups (broad SMARTS) is 1. The van der Waals surface area contributed by atoms with Crippen LogP contribution in [0.5, 0.6) is 0 Å². The van der Waals surface area contributed by atoms with Gasteiger partial charge in [-0.05, 0) is 53.8 Å². The molecule has 0 saturated carbocycles. The van der Waals surface area contributed by atoms with Crippen molar-refractivity contribution in [2.45, 2.75) is 51.7 Å². The van der Waals surface area contributed by atoms with Crippen LogP contribution in [-0.4, -0.2) is 33.5 Å². The van der Waals surface area contributed by atoms with Crippen LogP contribution in [0.1, 0.15) is 49.5 Å². The fourth-order valence-electron chi connectivity index (χ4n) is 3.73. The van der Waals surface area contributed by atoms with Crippen LogP contribution in [0.25, 0.3) is 28.2 Å². The number of aliphatic carboxylic acids is 1. The van der Waals surface area contributed by atoms with E-state index in [0.717, 1.165) is 27.6 Å². The summed E-state index contributed by atoms with van der Waals surface area (Å²) in [5.41, 5.74) is 3.87. The Bertz CT molecular complexity index is 1150. The summed E-state index contributed by atoms with van der Waals surface area (Å²) in [5, 5.41) is 30.2. The van der Waals surface area contributed by atoms with Crippen molar-refractivity contribution in [1.29, 1.82) is 0 Å². The molecule has 32 heavy (non-hydrogen) atoms. The number of hydrogen-bond acceptors (Lipinski definition) is 4. The standard InChI is InChI=1S/C25H26ClFO5/c1-13(2)19-12-20(26)14(3)23-24(15-4-6-16(27)7-5-15)21(32-25(19)23)9-8-17(28)10-18(29)11-22(30)31/h4-9,12-13,17-18,28-29H,10-11H2,1-3H3,(H,30,31)/b9-8+/t17-,18-/m1/s1. The third kappa shape index (κ3) is 5.21. The third-order valence-corrected chi connectivity index (χ3v) is 5.75. The third-order valence-electron chi connectivity index (χ3n) is 5.36. The highest BCUT2D eigenvalue weighted by Crippen LogP contribution is 2.43. The maximum atomic E-state index is 13.6. The number of carbonyl (C=O) groups is 1. The van der Waals surface area contributed by atoms with Gasteiger partial charge in [-0.1, -0.05) is 43.7 Å². The van der Waals surface area contributed by atoms with E-state index in [1.807, 2.05) is 26.8 Å². The van der Waals surface area contributed by atoms with Crippen molar-refractivity contribution < 1.29 is 28.9 Å². The highest BCUT2D eigenvalue weighted by molar-refractivity contribution is 6.32. The summed E-state index contributed by atoms with van der Waals surface area (Å²) < 4.78 is 19.8. The van der Waals surface area contributed by atoms with Crippen LogP contribution < -0.4 is 0 Å². The summed E-state index contributed by atoms with van der Waals surface area (Å²) in [6.45, 7) is 5.95. The van der Waals surface area contributed by atoms with E-state index in [1.54, 1.807) is 18.2 Å². The van der Waals surface area contributed by atoms with Gasteiger partial charge in [-0.2, -0.15) is 0 Å². The van der Waals surface area contributed by atoms with Gasteiger partial charge in [0.1, 0.15) is 17.2 Å². The average molecular weight is 461 g/mol. The summed E-state index contributed by atoms with van der Waals surface area (Å²) in [7, 11) is 0. The summed E-state index contributed by atoms with van der Waals surface area (Å²) in [5.74, 6) is -0.917. The molecule has 1 aromatic heterocycles. The second-order valence-electron chi connectivity index (χ2n) is 8.19. The first-order chi connectivity index (χ1) is 15.1. The quantitative estimate of drug-likeness (QED) is 0.388. The van der Waals surface area contributed by atoms with Crippen molar-refractivity contribution >= 4 is 34.6 Å². The molecule has 0 bridgehead atoms. The fourth-order valence-corrected chi connectivity index (χ4v) is 3.94. The van der Waals surface area contributed by atoms with Gasteiger partial charge >= 0.3 is 5.97 Å². The van der Waals surface area contributed by atoms with Crippen LogP contribution in [0.15, 0.2) is 40.8 Å². The zero-order chi connectivity index (χ0) is 23.6. The van der Waals surface area contributed by atoms with Crippen LogP contribution in [0.3, 0.4) is 0 Å². The lowest BCUT2D eigenvalue weighted by Crippen LogP contribution is -2.19. The van der Waals surface area contributed by atoms with Gasteiger partial charge in [0, 0.05) is 22.4 Å². The molecule has 7 heteroatoms. The number of furan rings is 1. The summed E-state index contributed by atoms with van der Waals surface area (Å²) in [6, 6.07) is 7.91. The predicted molar refractivity (Wildman–Crippen MR) is 123 cm³/mol. The van der Waals surface area contributed by atoms with Gasteiger partial charge in [-0.15, -0.1) is 0 Å². The first kappa shape index (κ1) is 24.0. The highest BCUT2D eigenvalue weighted by Gasteiger charge is 2.22. The van der Waals surface area contributed by atoms with Crippen molar-refractivity contribution in [2.24, 2.45) is 0 Å².